The fourth-order valence-electron chi connectivity index (χ4n) is 2.58. The monoisotopic (exact) mass is 355 g/mol. The Morgan fingerprint density at radius 3 is 2.65 bits per heavy atom. The van der Waals surface area contributed by atoms with Crippen LogP contribution in [0.25, 0.3) is 0 Å². The molecule has 1 aromatic carbocycles. The second kappa shape index (κ2) is 9.18. The number of hydrogen-bond donors (Lipinski definition) is 0. The fraction of sp³-hybridized carbons (Fsp3) is 0.529. The summed E-state index contributed by atoms with van der Waals surface area (Å²) in [6, 6.07) is 7.68. The number of rotatable bonds is 6. The van der Waals surface area contributed by atoms with E-state index < -0.39 is 0 Å². The van der Waals surface area contributed by atoms with E-state index in [1.54, 1.807) is 11.8 Å². The van der Waals surface area contributed by atoms with E-state index >= 15 is 0 Å². The summed E-state index contributed by atoms with van der Waals surface area (Å²) in [5, 5.41) is 0.739. The molecule has 1 aliphatic heterocycles. The van der Waals surface area contributed by atoms with Gasteiger partial charge in [0.05, 0.1) is 18.3 Å². The number of thioether (sulfide) groups is 1. The number of carbonyl (C=O) groups is 2. The smallest absolute Gasteiger partial charge is 0.309 e. The van der Waals surface area contributed by atoms with Crippen molar-refractivity contribution in [3.63, 3.8) is 0 Å². The van der Waals surface area contributed by atoms with Gasteiger partial charge in [-0.05, 0) is 31.4 Å². The average molecular weight is 356 g/mol. The number of likely N-dealkylation sites (tertiary alicyclic amines) is 1. The van der Waals surface area contributed by atoms with E-state index in [1.165, 1.54) is 0 Å². The van der Waals surface area contributed by atoms with E-state index in [0.717, 1.165) is 16.3 Å². The summed E-state index contributed by atoms with van der Waals surface area (Å²) in [6.07, 6.45) is 1.39. The Bertz CT molecular complexity index is 544. The molecule has 0 saturated carbocycles. The first-order valence-electron chi connectivity index (χ1n) is 7.87. The Hall–Kier alpha value is -1.20. The van der Waals surface area contributed by atoms with Gasteiger partial charge in [0.1, 0.15) is 0 Å². The van der Waals surface area contributed by atoms with Gasteiger partial charge < -0.3 is 9.64 Å². The molecule has 1 amide bonds. The highest BCUT2D eigenvalue weighted by Crippen LogP contribution is 2.22. The molecular formula is C17H22ClNO3S. The van der Waals surface area contributed by atoms with Crippen molar-refractivity contribution >= 4 is 35.2 Å². The maximum atomic E-state index is 12.2. The first-order valence-corrected chi connectivity index (χ1v) is 9.40. The number of ether oxygens (including phenoxy) is 1. The molecule has 1 heterocycles. The maximum Gasteiger partial charge on any atom is 0.309 e. The molecule has 0 spiro atoms. The van der Waals surface area contributed by atoms with Gasteiger partial charge in [0.25, 0.3) is 0 Å². The summed E-state index contributed by atoms with van der Waals surface area (Å²) >= 11 is 7.68. The molecular weight excluding hydrogens is 334 g/mol. The number of amides is 1. The third-order valence-electron chi connectivity index (χ3n) is 3.91. The van der Waals surface area contributed by atoms with E-state index in [1.807, 2.05) is 36.1 Å². The number of carbonyl (C=O) groups excluding carboxylic acids is 2. The number of esters is 1. The van der Waals surface area contributed by atoms with E-state index in [0.29, 0.717) is 38.3 Å². The number of halogens is 1. The van der Waals surface area contributed by atoms with Crippen LogP contribution in [0.4, 0.5) is 0 Å². The van der Waals surface area contributed by atoms with Crippen LogP contribution in [0.15, 0.2) is 24.3 Å². The van der Waals surface area contributed by atoms with E-state index in [-0.39, 0.29) is 17.8 Å². The van der Waals surface area contributed by atoms with Gasteiger partial charge in [0.15, 0.2) is 0 Å². The summed E-state index contributed by atoms with van der Waals surface area (Å²) in [7, 11) is 0. The lowest BCUT2D eigenvalue weighted by atomic mass is 9.97. The highest BCUT2D eigenvalue weighted by molar-refractivity contribution is 7.99. The largest absolute Gasteiger partial charge is 0.466 e. The summed E-state index contributed by atoms with van der Waals surface area (Å²) < 4.78 is 5.04. The molecule has 1 aliphatic rings. The Balaban J connectivity index is 1.71. The quantitative estimate of drug-likeness (QED) is 0.734. The van der Waals surface area contributed by atoms with E-state index in [9.17, 15) is 9.59 Å². The van der Waals surface area contributed by atoms with Crippen LogP contribution in [0.5, 0.6) is 0 Å². The van der Waals surface area contributed by atoms with Gasteiger partial charge in [0, 0.05) is 23.9 Å². The van der Waals surface area contributed by atoms with E-state index in [4.69, 9.17) is 16.3 Å². The Labute approximate surface area is 146 Å². The predicted octanol–water partition coefficient (Wildman–Crippen LogP) is 3.37. The van der Waals surface area contributed by atoms with Crippen molar-refractivity contribution in [2.75, 3.05) is 25.4 Å². The molecule has 0 aromatic heterocycles. The lowest BCUT2D eigenvalue weighted by Gasteiger charge is -2.30. The minimum atomic E-state index is -0.132. The molecule has 0 unspecified atom stereocenters. The molecule has 0 bridgehead atoms. The SMILES string of the molecule is CCOC(=O)C1CCN(C(=O)CSCc2ccccc2Cl)CC1. The van der Waals surface area contributed by atoms with Crippen LogP contribution in [0.1, 0.15) is 25.3 Å². The lowest BCUT2D eigenvalue weighted by Crippen LogP contribution is -2.41. The lowest BCUT2D eigenvalue weighted by molar-refractivity contribution is -0.151. The fourth-order valence-corrected chi connectivity index (χ4v) is 3.79. The standard InChI is InChI=1S/C17H22ClNO3S/c1-2-22-17(21)13-7-9-19(10-8-13)16(20)12-23-11-14-5-3-4-6-15(14)18/h3-6,13H,2,7-12H2,1H3. The molecule has 4 nitrogen and oxygen atoms in total. The second-order valence-electron chi connectivity index (χ2n) is 5.49. The van der Waals surface area contributed by atoms with E-state index in [2.05, 4.69) is 0 Å². The van der Waals surface area contributed by atoms with Crippen molar-refractivity contribution in [3.05, 3.63) is 34.9 Å². The summed E-state index contributed by atoms with van der Waals surface area (Å²) in [6.45, 7) is 3.49. The zero-order chi connectivity index (χ0) is 16.7. The summed E-state index contributed by atoms with van der Waals surface area (Å²) in [4.78, 5) is 25.8. The number of benzene rings is 1. The third-order valence-corrected chi connectivity index (χ3v) is 5.24. The predicted molar refractivity (Wildman–Crippen MR) is 93.6 cm³/mol. The van der Waals surface area contributed by atoms with Gasteiger partial charge in [-0.1, -0.05) is 29.8 Å². The number of hydrogen-bond acceptors (Lipinski definition) is 4. The third kappa shape index (κ3) is 5.43. The maximum absolute atomic E-state index is 12.2. The van der Waals surface area contributed by atoms with Crippen molar-refractivity contribution in [1.82, 2.24) is 4.90 Å². The van der Waals surface area contributed by atoms with Crippen molar-refractivity contribution in [3.8, 4) is 0 Å². The minimum absolute atomic E-state index is 0.0604. The van der Waals surface area contributed by atoms with Crippen LogP contribution in [0, 0.1) is 5.92 Å². The Morgan fingerprint density at radius 1 is 1.30 bits per heavy atom. The van der Waals surface area contributed by atoms with Crippen LogP contribution < -0.4 is 0 Å². The van der Waals surface area contributed by atoms with Crippen molar-refractivity contribution in [1.29, 1.82) is 0 Å². The zero-order valence-corrected chi connectivity index (χ0v) is 14.9. The molecule has 0 aliphatic carbocycles. The Kier molecular flexibility index (Phi) is 7.24. The van der Waals surface area contributed by atoms with Crippen molar-refractivity contribution in [2.24, 2.45) is 5.92 Å². The molecule has 0 radical (unpaired) electrons. The van der Waals surface area contributed by atoms with Crippen molar-refractivity contribution in [2.45, 2.75) is 25.5 Å². The van der Waals surface area contributed by atoms with Crippen LogP contribution in [0.2, 0.25) is 5.02 Å². The minimum Gasteiger partial charge on any atom is -0.466 e. The number of nitrogens with zero attached hydrogens (tertiary/aromatic N) is 1. The normalized spacial score (nSPS) is 15.5. The van der Waals surface area contributed by atoms with Gasteiger partial charge in [-0.2, -0.15) is 0 Å². The average Bonchev–Trinajstić information content (AvgIpc) is 2.57. The van der Waals surface area contributed by atoms with Crippen molar-refractivity contribution < 1.29 is 14.3 Å². The molecule has 1 saturated heterocycles. The molecule has 2 rings (SSSR count). The molecule has 0 N–H and O–H groups in total. The van der Waals surface area contributed by atoms with Gasteiger partial charge in [0.2, 0.25) is 5.91 Å². The molecule has 23 heavy (non-hydrogen) atoms. The Morgan fingerprint density at radius 2 is 2.00 bits per heavy atom. The zero-order valence-electron chi connectivity index (χ0n) is 13.3. The van der Waals surface area contributed by atoms with Crippen LogP contribution >= 0.6 is 23.4 Å². The first kappa shape index (κ1) is 18.1. The summed E-state index contributed by atoms with van der Waals surface area (Å²) in [5.74, 6) is 1.10. The van der Waals surface area contributed by atoms with Gasteiger partial charge >= 0.3 is 5.97 Å². The topological polar surface area (TPSA) is 46.6 Å². The molecule has 126 valence electrons. The van der Waals surface area contributed by atoms with Crippen LogP contribution in [0.3, 0.4) is 0 Å². The first-order chi connectivity index (χ1) is 11.1. The van der Waals surface area contributed by atoms with Gasteiger partial charge in [-0.3, -0.25) is 9.59 Å². The van der Waals surface area contributed by atoms with Crippen LogP contribution in [-0.4, -0.2) is 42.2 Å². The highest BCUT2D eigenvalue weighted by Gasteiger charge is 2.27. The summed E-state index contributed by atoms with van der Waals surface area (Å²) in [5.41, 5.74) is 1.05. The molecule has 0 atom stereocenters. The van der Waals surface area contributed by atoms with Crippen LogP contribution in [-0.2, 0) is 20.1 Å². The highest BCUT2D eigenvalue weighted by atomic mass is 35.5. The van der Waals surface area contributed by atoms with Gasteiger partial charge in [-0.15, -0.1) is 11.8 Å². The van der Waals surface area contributed by atoms with Gasteiger partial charge in [-0.25, -0.2) is 0 Å². The molecule has 6 heteroatoms. The number of piperidine rings is 1. The molecule has 1 fully saturated rings. The molecule has 1 aromatic rings. The second-order valence-corrected chi connectivity index (χ2v) is 6.88.